The third kappa shape index (κ3) is 4.01. The Morgan fingerprint density at radius 3 is 2.33 bits per heavy atom. The predicted molar refractivity (Wildman–Crippen MR) is 98.3 cm³/mol. The van der Waals surface area contributed by atoms with Crippen LogP contribution in [-0.2, 0) is 9.53 Å². The van der Waals surface area contributed by atoms with Crippen molar-refractivity contribution in [2.45, 2.75) is 57.3 Å². The van der Waals surface area contributed by atoms with Crippen molar-refractivity contribution < 1.29 is 27.8 Å². The molecule has 8 heteroatoms. The lowest BCUT2D eigenvalue weighted by molar-refractivity contribution is -0.188. The first kappa shape index (κ1) is 20.2. The molecule has 1 aromatic rings. The number of alkyl halides is 3. The minimum Gasteiger partial charge on any atom is -0.509 e. The molecule has 0 radical (unpaired) electrons. The molecule has 1 amide bonds. The largest absolute Gasteiger partial charge is 0.509 e. The lowest BCUT2D eigenvalue weighted by atomic mass is 9.79. The molecule has 3 rings (SSSR count). The summed E-state index contributed by atoms with van der Waals surface area (Å²) in [6, 6.07) is 3.76. The zero-order valence-electron chi connectivity index (χ0n) is 15.0. The number of aryl methyl sites for hydroxylation is 2. The van der Waals surface area contributed by atoms with E-state index in [1.165, 1.54) is 0 Å². The number of benzene rings is 1. The molecule has 2 N–H and O–H groups in total. The minimum atomic E-state index is -4.36. The van der Waals surface area contributed by atoms with Gasteiger partial charge in [-0.1, -0.05) is 15.9 Å². The summed E-state index contributed by atoms with van der Waals surface area (Å²) in [6.07, 6.45) is -3.53. The Labute approximate surface area is 163 Å². The van der Waals surface area contributed by atoms with Gasteiger partial charge in [0.25, 0.3) is 5.91 Å². The van der Waals surface area contributed by atoms with E-state index in [-0.39, 0.29) is 17.2 Å². The van der Waals surface area contributed by atoms with Crippen molar-refractivity contribution >= 4 is 27.4 Å². The van der Waals surface area contributed by atoms with Gasteiger partial charge in [0, 0.05) is 4.47 Å². The number of aliphatic hydroxyl groups is 1. The third-order valence-electron chi connectivity index (χ3n) is 5.29. The van der Waals surface area contributed by atoms with Crippen LogP contribution in [0.25, 0.3) is 5.57 Å². The van der Waals surface area contributed by atoms with Gasteiger partial charge in [-0.2, -0.15) is 13.2 Å². The monoisotopic (exact) mass is 447 g/mol. The van der Waals surface area contributed by atoms with E-state index in [0.717, 1.165) is 15.6 Å². The number of hydrogen-bond donors (Lipinski definition) is 2. The number of nitrogens with one attached hydrogen (secondary N) is 1. The number of rotatable bonds is 3. The second-order valence-corrected chi connectivity index (χ2v) is 8.22. The van der Waals surface area contributed by atoms with Crippen LogP contribution in [-0.4, -0.2) is 35.4 Å². The molecule has 1 fully saturated rings. The first-order valence-electron chi connectivity index (χ1n) is 8.74. The normalized spacial score (nSPS) is 26.0. The fraction of sp³-hybridized carbons (Fsp3) is 0.526. The van der Waals surface area contributed by atoms with Crippen molar-refractivity contribution in [2.24, 2.45) is 0 Å². The third-order valence-corrected chi connectivity index (χ3v) is 5.74. The van der Waals surface area contributed by atoms with Crippen LogP contribution >= 0.6 is 15.9 Å². The highest BCUT2D eigenvalue weighted by atomic mass is 79.9. The standard InChI is InChI=1S/C19H21BrF3NO3/c1-10-7-12(20)8-11(2)14(10)15-16(25)18(24-17(15)26)5-3-13(4-6-18)27-9-19(21,22)23/h7-8,13,25H,3-6,9H2,1-2H3,(H,24,26). The predicted octanol–water partition coefficient (Wildman–Crippen LogP) is 4.73. The molecular weight excluding hydrogens is 427 g/mol. The Morgan fingerprint density at radius 2 is 1.81 bits per heavy atom. The lowest BCUT2D eigenvalue weighted by Crippen LogP contribution is -2.48. The number of carbonyl (C=O) groups is 1. The molecule has 0 aromatic heterocycles. The van der Waals surface area contributed by atoms with Gasteiger partial charge in [-0.15, -0.1) is 0 Å². The van der Waals surface area contributed by atoms with Crippen LogP contribution in [0, 0.1) is 13.8 Å². The Balaban J connectivity index is 1.83. The summed E-state index contributed by atoms with van der Waals surface area (Å²) in [4.78, 5) is 12.7. The summed E-state index contributed by atoms with van der Waals surface area (Å²) in [6.45, 7) is 2.46. The van der Waals surface area contributed by atoms with Crippen LogP contribution in [0.2, 0.25) is 0 Å². The van der Waals surface area contributed by atoms with Crippen LogP contribution in [0.5, 0.6) is 0 Å². The van der Waals surface area contributed by atoms with Crippen molar-refractivity contribution in [1.29, 1.82) is 0 Å². The molecule has 27 heavy (non-hydrogen) atoms. The van der Waals surface area contributed by atoms with E-state index in [0.29, 0.717) is 31.2 Å². The van der Waals surface area contributed by atoms with Crippen LogP contribution < -0.4 is 5.32 Å². The average molecular weight is 448 g/mol. The van der Waals surface area contributed by atoms with Crippen LogP contribution in [0.15, 0.2) is 22.4 Å². The number of aliphatic hydroxyl groups excluding tert-OH is 1. The highest BCUT2D eigenvalue weighted by Gasteiger charge is 2.48. The van der Waals surface area contributed by atoms with Crippen LogP contribution in [0.1, 0.15) is 42.4 Å². The maximum atomic E-state index is 12.7. The first-order valence-corrected chi connectivity index (χ1v) is 9.53. The molecule has 1 aliphatic carbocycles. The van der Waals surface area contributed by atoms with Gasteiger partial charge in [-0.3, -0.25) is 4.79 Å². The molecular formula is C19H21BrF3NO3. The average Bonchev–Trinajstić information content (AvgIpc) is 2.77. The van der Waals surface area contributed by atoms with E-state index in [1.807, 2.05) is 26.0 Å². The fourth-order valence-corrected chi connectivity index (χ4v) is 4.73. The Bertz CT molecular complexity index is 773. The van der Waals surface area contributed by atoms with Gasteiger partial charge >= 0.3 is 6.18 Å². The van der Waals surface area contributed by atoms with Gasteiger partial charge in [-0.05, 0) is 68.4 Å². The number of hydrogen-bond acceptors (Lipinski definition) is 3. The molecule has 1 heterocycles. The van der Waals surface area contributed by atoms with E-state index in [2.05, 4.69) is 21.2 Å². The van der Waals surface area contributed by atoms with Gasteiger partial charge in [0.1, 0.15) is 12.4 Å². The van der Waals surface area contributed by atoms with E-state index in [1.54, 1.807) is 0 Å². The Morgan fingerprint density at radius 1 is 1.26 bits per heavy atom. The molecule has 2 aliphatic rings. The lowest BCUT2D eigenvalue weighted by Gasteiger charge is -2.37. The quantitative estimate of drug-likeness (QED) is 0.704. The van der Waals surface area contributed by atoms with Gasteiger partial charge in [0.2, 0.25) is 0 Å². The molecule has 0 unspecified atom stereocenters. The van der Waals surface area contributed by atoms with Crippen molar-refractivity contribution in [3.05, 3.63) is 39.1 Å². The minimum absolute atomic E-state index is 0.0182. The Kier molecular flexibility index (Phi) is 5.33. The molecule has 1 spiro atoms. The molecule has 0 bridgehead atoms. The maximum absolute atomic E-state index is 12.7. The van der Waals surface area contributed by atoms with Gasteiger partial charge in [0.15, 0.2) is 0 Å². The summed E-state index contributed by atoms with van der Waals surface area (Å²) in [5.74, 6) is -0.369. The number of carbonyl (C=O) groups excluding carboxylic acids is 1. The van der Waals surface area contributed by atoms with Gasteiger partial charge in [0.05, 0.1) is 17.2 Å². The summed E-state index contributed by atoms with van der Waals surface area (Å²) >= 11 is 3.42. The highest BCUT2D eigenvalue weighted by Crippen LogP contribution is 2.43. The van der Waals surface area contributed by atoms with Crippen molar-refractivity contribution in [3.63, 3.8) is 0 Å². The topological polar surface area (TPSA) is 58.6 Å². The summed E-state index contributed by atoms with van der Waals surface area (Å²) in [5, 5.41) is 13.8. The van der Waals surface area contributed by atoms with Gasteiger partial charge in [-0.25, -0.2) is 0 Å². The van der Waals surface area contributed by atoms with E-state index in [4.69, 9.17) is 4.74 Å². The summed E-state index contributed by atoms with van der Waals surface area (Å²) in [5.41, 5.74) is 1.75. The summed E-state index contributed by atoms with van der Waals surface area (Å²) in [7, 11) is 0. The Hall–Kier alpha value is -1.54. The van der Waals surface area contributed by atoms with E-state index < -0.39 is 24.4 Å². The smallest absolute Gasteiger partial charge is 0.411 e. The highest BCUT2D eigenvalue weighted by molar-refractivity contribution is 9.10. The molecule has 1 saturated carbocycles. The van der Waals surface area contributed by atoms with Crippen molar-refractivity contribution in [1.82, 2.24) is 5.32 Å². The van der Waals surface area contributed by atoms with Crippen molar-refractivity contribution in [3.8, 4) is 0 Å². The van der Waals surface area contributed by atoms with Gasteiger partial charge < -0.3 is 15.2 Å². The zero-order valence-corrected chi connectivity index (χ0v) is 16.6. The molecule has 148 valence electrons. The second kappa shape index (κ2) is 7.13. The fourth-order valence-electron chi connectivity index (χ4n) is 4.05. The molecule has 1 aliphatic heterocycles. The first-order chi connectivity index (χ1) is 12.5. The van der Waals surface area contributed by atoms with E-state index in [9.17, 15) is 23.1 Å². The summed E-state index contributed by atoms with van der Waals surface area (Å²) < 4.78 is 42.8. The van der Waals surface area contributed by atoms with Crippen LogP contribution in [0.3, 0.4) is 0 Å². The van der Waals surface area contributed by atoms with Crippen molar-refractivity contribution in [2.75, 3.05) is 6.61 Å². The SMILES string of the molecule is Cc1cc(Br)cc(C)c1C1=C(O)C2(CCC(OCC(F)(F)F)CC2)NC1=O. The molecule has 0 atom stereocenters. The number of ether oxygens (including phenoxy) is 1. The molecule has 4 nitrogen and oxygen atoms in total. The molecule has 0 saturated heterocycles. The van der Waals surface area contributed by atoms with Crippen LogP contribution in [0.4, 0.5) is 13.2 Å². The zero-order chi connectivity index (χ0) is 20.0. The maximum Gasteiger partial charge on any atom is 0.411 e. The molecule has 1 aromatic carbocycles. The van der Waals surface area contributed by atoms with E-state index >= 15 is 0 Å². The number of halogens is 4. The second-order valence-electron chi connectivity index (χ2n) is 7.30. The number of amides is 1.